The number of aromatic amines is 1. The summed E-state index contributed by atoms with van der Waals surface area (Å²) < 4.78 is 24.3. The Kier molecular flexibility index (Phi) is 6.85. The lowest BCUT2D eigenvalue weighted by Gasteiger charge is -2.24. The molecule has 1 aromatic heterocycles. The van der Waals surface area contributed by atoms with Crippen LogP contribution >= 0.6 is 12.2 Å². The van der Waals surface area contributed by atoms with E-state index < -0.39 is 24.5 Å². The number of hydrogen-bond acceptors (Lipinski definition) is 7. The zero-order valence-electron chi connectivity index (χ0n) is 14.6. The van der Waals surface area contributed by atoms with Gasteiger partial charge < -0.3 is 24.3 Å². The molecule has 0 aromatic carbocycles. The van der Waals surface area contributed by atoms with Gasteiger partial charge in [-0.05, 0) is 19.1 Å². The number of amides is 1. The minimum Gasteiger partial charge on any atom is -0.382 e. The van der Waals surface area contributed by atoms with Crippen molar-refractivity contribution >= 4 is 18.1 Å². The summed E-state index contributed by atoms with van der Waals surface area (Å²) in [5.74, 6) is -0.273. The van der Waals surface area contributed by atoms with Gasteiger partial charge in [0.25, 0.3) is 5.56 Å². The summed E-state index contributed by atoms with van der Waals surface area (Å²) in [5, 5.41) is 2.50. The summed E-state index contributed by atoms with van der Waals surface area (Å²) in [6, 6.07) is 0. The van der Waals surface area contributed by atoms with Crippen LogP contribution in [0.3, 0.4) is 0 Å². The van der Waals surface area contributed by atoms with E-state index in [1.807, 2.05) is 0 Å². The van der Waals surface area contributed by atoms with Gasteiger partial charge in [-0.3, -0.25) is 19.1 Å². The average molecular weight is 373 g/mol. The van der Waals surface area contributed by atoms with Gasteiger partial charge in [0.1, 0.15) is 24.9 Å². The zero-order valence-corrected chi connectivity index (χ0v) is 15.4. The molecule has 0 saturated carbocycles. The molecule has 2 rings (SSSR count). The van der Waals surface area contributed by atoms with Crippen molar-refractivity contribution in [3.63, 3.8) is 0 Å². The molecular formula is C15H23N3O6S. The van der Waals surface area contributed by atoms with Crippen LogP contribution in [0.4, 0.5) is 0 Å². The third kappa shape index (κ3) is 4.33. The fourth-order valence-corrected chi connectivity index (χ4v) is 2.96. The van der Waals surface area contributed by atoms with Gasteiger partial charge in [-0.2, -0.15) is 0 Å². The molecule has 1 aliphatic rings. The maximum atomic E-state index is 11.7. The Morgan fingerprint density at radius 1 is 1.44 bits per heavy atom. The van der Waals surface area contributed by atoms with E-state index in [1.165, 1.54) is 14.2 Å². The van der Waals surface area contributed by atoms with Crippen LogP contribution in [0.2, 0.25) is 0 Å². The molecule has 4 atom stereocenters. The van der Waals surface area contributed by atoms with Crippen molar-refractivity contribution in [1.82, 2.24) is 14.9 Å². The van der Waals surface area contributed by atoms with Gasteiger partial charge in [0.2, 0.25) is 5.91 Å². The number of rotatable bonds is 7. The number of nitrogens with one attached hydrogen (secondary N) is 2. The highest BCUT2D eigenvalue weighted by molar-refractivity contribution is 7.71. The summed E-state index contributed by atoms with van der Waals surface area (Å²) in [5.41, 5.74) is 0.213. The van der Waals surface area contributed by atoms with Crippen molar-refractivity contribution in [2.45, 2.75) is 31.5 Å². The first-order chi connectivity index (χ1) is 11.9. The van der Waals surface area contributed by atoms with Crippen LogP contribution < -0.4 is 10.9 Å². The lowest BCUT2D eigenvalue weighted by molar-refractivity contribution is -0.133. The van der Waals surface area contributed by atoms with E-state index in [1.54, 1.807) is 24.8 Å². The summed E-state index contributed by atoms with van der Waals surface area (Å²) in [6.07, 6.45) is -0.561. The maximum absolute atomic E-state index is 11.7. The topological polar surface area (TPSA) is 104 Å². The third-order valence-corrected chi connectivity index (χ3v) is 4.31. The molecule has 9 nitrogen and oxygen atoms in total. The van der Waals surface area contributed by atoms with Crippen molar-refractivity contribution in [1.29, 1.82) is 0 Å². The molecule has 0 aliphatic carbocycles. The highest BCUT2D eigenvalue weighted by atomic mass is 32.1. The first kappa shape index (κ1) is 19.7. The van der Waals surface area contributed by atoms with Crippen molar-refractivity contribution in [2.24, 2.45) is 0 Å². The van der Waals surface area contributed by atoms with Gasteiger partial charge in [-0.15, -0.1) is 0 Å². The molecule has 25 heavy (non-hydrogen) atoms. The number of aromatic nitrogens is 2. The average Bonchev–Trinajstić information content (AvgIpc) is 2.93. The Labute approximate surface area is 150 Å². The van der Waals surface area contributed by atoms with E-state index in [2.05, 4.69) is 10.3 Å². The molecule has 0 spiro atoms. The summed E-state index contributed by atoms with van der Waals surface area (Å²) in [4.78, 5) is 25.9. The smallest absolute Gasteiger partial charge is 0.254 e. The lowest BCUT2D eigenvalue weighted by atomic mass is 10.1. The lowest BCUT2D eigenvalue weighted by Crippen LogP contribution is -2.39. The highest BCUT2D eigenvalue weighted by Crippen LogP contribution is 2.33. The molecule has 0 bridgehead atoms. The minimum atomic E-state index is -0.669. The molecule has 0 radical (unpaired) electrons. The molecule has 10 heteroatoms. The second kappa shape index (κ2) is 8.68. The van der Waals surface area contributed by atoms with Crippen LogP contribution in [0.5, 0.6) is 0 Å². The number of carbonyl (C=O) groups is 1. The number of hydrogen-bond donors (Lipinski definition) is 2. The third-order valence-electron chi connectivity index (χ3n) is 3.99. The van der Waals surface area contributed by atoms with Crippen LogP contribution in [0.25, 0.3) is 0 Å². The number of aryl methyl sites for hydroxylation is 1. The van der Waals surface area contributed by atoms with Gasteiger partial charge in [0.05, 0.1) is 6.61 Å². The number of likely N-dealkylation sites (N-methyl/N-ethyl adjacent to an activating group) is 1. The Balaban J connectivity index is 2.37. The molecule has 2 N–H and O–H groups in total. The highest BCUT2D eigenvalue weighted by Gasteiger charge is 2.47. The fraction of sp³-hybridized carbons (Fsp3) is 0.667. The first-order valence-corrected chi connectivity index (χ1v) is 8.15. The molecule has 1 aromatic rings. The quantitative estimate of drug-likeness (QED) is 0.644. The summed E-state index contributed by atoms with van der Waals surface area (Å²) in [6.45, 7) is 1.79. The van der Waals surface area contributed by atoms with Gasteiger partial charge in [-0.1, -0.05) is 0 Å². The van der Waals surface area contributed by atoms with E-state index in [4.69, 9.17) is 31.2 Å². The molecule has 2 heterocycles. The van der Waals surface area contributed by atoms with Crippen molar-refractivity contribution in [2.75, 3.05) is 34.5 Å². The minimum absolute atomic E-state index is 0.157. The maximum Gasteiger partial charge on any atom is 0.254 e. The van der Waals surface area contributed by atoms with E-state index in [0.29, 0.717) is 5.56 Å². The molecule has 1 aliphatic heterocycles. The largest absolute Gasteiger partial charge is 0.382 e. The van der Waals surface area contributed by atoms with Crippen LogP contribution in [-0.2, 0) is 23.7 Å². The Morgan fingerprint density at radius 2 is 2.16 bits per heavy atom. The number of methoxy groups -OCH3 is 2. The van der Waals surface area contributed by atoms with Gasteiger partial charge >= 0.3 is 0 Å². The Bertz CT molecular complexity index is 718. The summed E-state index contributed by atoms with van der Waals surface area (Å²) >= 11 is 5.25. The summed E-state index contributed by atoms with van der Waals surface area (Å²) in [7, 11) is 4.61. The van der Waals surface area contributed by atoms with Crippen molar-refractivity contribution in [3.8, 4) is 0 Å². The second-order valence-electron chi connectivity index (χ2n) is 5.65. The van der Waals surface area contributed by atoms with E-state index in [0.717, 1.165) is 0 Å². The van der Waals surface area contributed by atoms with Crippen LogP contribution in [0, 0.1) is 11.7 Å². The van der Waals surface area contributed by atoms with Gasteiger partial charge in [0.15, 0.2) is 11.0 Å². The van der Waals surface area contributed by atoms with Crippen molar-refractivity contribution < 1.29 is 23.7 Å². The van der Waals surface area contributed by atoms with Gasteiger partial charge in [0, 0.05) is 33.0 Å². The number of H-pyrrole nitrogens is 1. The van der Waals surface area contributed by atoms with Crippen LogP contribution in [0.1, 0.15) is 11.8 Å². The van der Waals surface area contributed by atoms with Gasteiger partial charge in [-0.25, -0.2) is 0 Å². The SMILES string of the molecule is CNC(=O)COC1C(OC)[C@@H](COC)O[C@H]1n1cc(C)c(=O)[nH]c1=S. The Morgan fingerprint density at radius 3 is 2.76 bits per heavy atom. The monoisotopic (exact) mass is 373 g/mol. The predicted molar refractivity (Wildman–Crippen MR) is 91.0 cm³/mol. The van der Waals surface area contributed by atoms with Crippen molar-refractivity contribution in [3.05, 3.63) is 26.9 Å². The standard InChI is InChI=1S/C15H23N3O6S/c1-8-5-18(15(25)17-13(8)20)14-12(23-7-10(19)16-2)11(22-4)9(24-14)6-21-3/h5,9,11-12,14H,6-7H2,1-4H3,(H,16,19)(H,17,20,25)/t9-,11?,12?,14-/m1/s1. The Hall–Kier alpha value is -1.59. The molecule has 1 fully saturated rings. The molecule has 1 saturated heterocycles. The fourth-order valence-electron chi connectivity index (χ4n) is 2.71. The normalized spacial score (nSPS) is 25.9. The van der Waals surface area contributed by atoms with E-state index in [-0.39, 0.29) is 29.5 Å². The number of ether oxygens (including phenoxy) is 4. The molecule has 140 valence electrons. The van der Waals surface area contributed by atoms with Crippen LogP contribution in [0.15, 0.2) is 11.0 Å². The van der Waals surface area contributed by atoms with E-state index >= 15 is 0 Å². The van der Waals surface area contributed by atoms with E-state index in [9.17, 15) is 9.59 Å². The first-order valence-electron chi connectivity index (χ1n) is 7.74. The second-order valence-corrected chi connectivity index (χ2v) is 6.03. The molecule has 2 unspecified atom stereocenters. The number of carbonyl (C=O) groups excluding carboxylic acids is 1. The molecular weight excluding hydrogens is 350 g/mol. The van der Waals surface area contributed by atoms with Crippen LogP contribution in [-0.4, -0.2) is 68.3 Å². The zero-order chi connectivity index (χ0) is 18.6. The molecule has 1 amide bonds. The number of nitrogens with zero attached hydrogens (tertiary/aromatic N) is 1. The predicted octanol–water partition coefficient (Wildman–Crippen LogP) is -0.0957.